The number of carbonyl (C=O) groups excluding carboxylic acids is 2. The third kappa shape index (κ3) is 4.95. The first kappa shape index (κ1) is 18.7. The second-order valence-corrected chi connectivity index (χ2v) is 6.39. The highest BCUT2D eigenvalue weighted by atomic mass is 35.5. The summed E-state index contributed by atoms with van der Waals surface area (Å²) in [5.41, 5.74) is 2.55. The Bertz CT molecular complexity index is 940. The molecule has 3 aromatic rings. The van der Waals surface area contributed by atoms with Crippen LogP contribution in [0.5, 0.6) is 0 Å². The van der Waals surface area contributed by atoms with Gasteiger partial charge in [-0.15, -0.1) is 0 Å². The molecule has 0 aliphatic heterocycles. The van der Waals surface area contributed by atoms with Gasteiger partial charge in [0.15, 0.2) is 6.61 Å². The van der Waals surface area contributed by atoms with Crippen molar-refractivity contribution in [2.45, 2.75) is 13.0 Å². The molecule has 0 fully saturated rings. The van der Waals surface area contributed by atoms with Gasteiger partial charge >= 0.3 is 5.97 Å². The molecule has 0 aliphatic rings. The van der Waals surface area contributed by atoms with Crippen LogP contribution in [-0.2, 0) is 9.53 Å². The maximum atomic E-state index is 12.1. The minimum atomic E-state index is -0.643. The maximum absolute atomic E-state index is 12.1. The fourth-order valence-corrected chi connectivity index (χ4v) is 2.73. The summed E-state index contributed by atoms with van der Waals surface area (Å²) in [6.45, 7) is 1.44. The van der Waals surface area contributed by atoms with Crippen molar-refractivity contribution in [3.05, 3.63) is 76.9 Å². The number of esters is 1. The summed E-state index contributed by atoms with van der Waals surface area (Å²) in [7, 11) is 0. The number of aromatic amines is 1. The van der Waals surface area contributed by atoms with Gasteiger partial charge in [-0.1, -0.05) is 54.1 Å². The summed E-state index contributed by atoms with van der Waals surface area (Å²) in [5, 5.41) is 10.1. The summed E-state index contributed by atoms with van der Waals surface area (Å²) in [4.78, 5) is 24.1. The Balaban J connectivity index is 1.53. The quantitative estimate of drug-likeness (QED) is 0.635. The van der Waals surface area contributed by atoms with Crippen LogP contribution < -0.4 is 5.32 Å². The smallest absolute Gasteiger partial charge is 0.356 e. The molecule has 2 N–H and O–H groups in total. The number of rotatable bonds is 6. The summed E-state index contributed by atoms with van der Waals surface area (Å²) in [6, 6.07) is 18.0. The Hall–Kier alpha value is -3.12. The van der Waals surface area contributed by atoms with E-state index < -0.39 is 11.9 Å². The molecule has 27 heavy (non-hydrogen) atoms. The Morgan fingerprint density at radius 3 is 2.67 bits per heavy atom. The van der Waals surface area contributed by atoms with E-state index in [2.05, 4.69) is 15.5 Å². The van der Waals surface area contributed by atoms with Gasteiger partial charge in [0.2, 0.25) is 0 Å². The lowest BCUT2D eigenvalue weighted by molar-refractivity contribution is -0.124. The molecule has 0 spiro atoms. The van der Waals surface area contributed by atoms with Gasteiger partial charge in [-0.05, 0) is 30.7 Å². The van der Waals surface area contributed by atoms with Crippen molar-refractivity contribution in [1.29, 1.82) is 0 Å². The highest BCUT2D eigenvalue weighted by Gasteiger charge is 2.15. The van der Waals surface area contributed by atoms with E-state index >= 15 is 0 Å². The topological polar surface area (TPSA) is 84.1 Å². The van der Waals surface area contributed by atoms with Gasteiger partial charge in [0.1, 0.15) is 5.69 Å². The average molecular weight is 384 g/mol. The molecule has 1 amide bonds. The fourth-order valence-electron chi connectivity index (χ4n) is 2.53. The fraction of sp³-hybridized carbons (Fsp3) is 0.150. The zero-order chi connectivity index (χ0) is 19.2. The number of aromatic nitrogens is 2. The first-order valence-electron chi connectivity index (χ1n) is 8.35. The minimum Gasteiger partial charge on any atom is -0.451 e. The highest BCUT2D eigenvalue weighted by Crippen LogP contribution is 2.18. The number of hydrogen-bond acceptors (Lipinski definition) is 4. The van der Waals surface area contributed by atoms with Gasteiger partial charge in [0.25, 0.3) is 5.91 Å². The van der Waals surface area contributed by atoms with Gasteiger partial charge in [-0.2, -0.15) is 5.10 Å². The number of nitrogens with zero attached hydrogens (tertiary/aromatic N) is 1. The third-order valence-electron chi connectivity index (χ3n) is 3.93. The second kappa shape index (κ2) is 8.51. The van der Waals surface area contributed by atoms with Crippen molar-refractivity contribution in [2.24, 2.45) is 0 Å². The zero-order valence-corrected chi connectivity index (χ0v) is 15.4. The van der Waals surface area contributed by atoms with Gasteiger partial charge < -0.3 is 10.1 Å². The maximum Gasteiger partial charge on any atom is 0.356 e. The predicted octanol–water partition coefficient (Wildman–Crippen LogP) is 3.76. The molecule has 0 aliphatic carbocycles. The van der Waals surface area contributed by atoms with Crippen LogP contribution >= 0.6 is 11.6 Å². The molecule has 2 aromatic carbocycles. The van der Waals surface area contributed by atoms with Gasteiger partial charge in [-0.3, -0.25) is 9.89 Å². The lowest BCUT2D eigenvalue weighted by atomic mass is 10.1. The van der Waals surface area contributed by atoms with Crippen LogP contribution in [0.3, 0.4) is 0 Å². The molecule has 0 saturated carbocycles. The second-order valence-electron chi connectivity index (χ2n) is 5.95. The molecule has 0 unspecified atom stereocenters. The minimum absolute atomic E-state index is 0.185. The summed E-state index contributed by atoms with van der Waals surface area (Å²) in [6.07, 6.45) is 0. The molecule has 6 nitrogen and oxygen atoms in total. The average Bonchev–Trinajstić information content (AvgIpc) is 3.17. The van der Waals surface area contributed by atoms with Crippen LogP contribution in [-0.4, -0.2) is 28.7 Å². The number of H-pyrrole nitrogens is 1. The Morgan fingerprint density at radius 1 is 1.15 bits per heavy atom. The van der Waals surface area contributed by atoms with Crippen molar-refractivity contribution in [1.82, 2.24) is 15.5 Å². The third-order valence-corrected chi connectivity index (χ3v) is 4.16. The van der Waals surface area contributed by atoms with Crippen LogP contribution in [0.15, 0.2) is 60.7 Å². The van der Waals surface area contributed by atoms with E-state index in [0.29, 0.717) is 10.7 Å². The first-order valence-corrected chi connectivity index (χ1v) is 8.73. The Labute approximate surface area is 161 Å². The first-order chi connectivity index (χ1) is 13.0. The molecular weight excluding hydrogens is 366 g/mol. The number of amides is 1. The number of nitrogens with one attached hydrogen (secondary N) is 2. The largest absolute Gasteiger partial charge is 0.451 e. The molecule has 0 bridgehead atoms. The molecule has 0 saturated heterocycles. The predicted molar refractivity (Wildman–Crippen MR) is 102 cm³/mol. The van der Waals surface area contributed by atoms with E-state index in [9.17, 15) is 9.59 Å². The number of ether oxygens (including phenoxy) is 1. The molecule has 7 heteroatoms. The van der Waals surface area contributed by atoms with Crippen LogP contribution in [0.1, 0.15) is 29.0 Å². The van der Waals surface area contributed by atoms with E-state index in [1.165, 1.54) is 0 Å². The van der Waals surface area contributed by atoms with Crippen LogP contribution in [0.25, 0.3) is 11.3 Å². The van der Waals surface area contributed by atoms with E-state index in [0.717, 1.165) is 11.1 Å². The molecule has 0 radical (unpaired) electrons. The van der Waals surface area contributed by atoms with Crippen molar-refractivity contribution in [2.75, 3.05) is 6.61 Å². The summed E-state index contributed by atoms with van der Waals surface area (Å²) in [5.74, 6) is -1.05. The van der Waals surface area contributed by atoms with Crippen molar-refractivity contribution in [3.8, 4) is 11.3 Å². The number of benzene rings is 2. The molecule has 3 rings (SSSR count). The van der Waals surface area contributed by atoms with E-state index in [4.69, 9.17) is 16.3 Å². The van der Waals surface area contributed by atoms with E-state index in [1.807, 2.05) is 49.4 Å². The van der Waals surface area contributed by atoms with Gasteiger partial charge in [-0.25, -0.2) is 4.79 Å². The molecule has 138 valence electrons. The molecule has 1 atom stereocenters. The van der Waals surface area contributed by atoms with Crippen LogP contribution in [0.2, 0.25) is 5.02 Å². The lowest BCUT2D eigenvalue weighted by Crippen LogP contribution is -2.31. The Morgan fingerprint density at radius 2 is 1.93 bits per heavy atom. The number of carbonyl (C=O) groups is 2. The monoisotopic (exact) mass is 383 g/mol. The van der Waals surface area contributed by atoms with E-state index in [1.54, 1.807) is 18.2 Å². The van der Waals surface area contributed by atoms with Crippen molar-refractivity contribution in [3.63, 3.8) is 0 Å². The van der Waals surface area contributed by atoms with Gasteiger partial charge in [0, 0.05) is 10.6 Å². The lowest BCUT2D eigenvalue weighted by Gasteiger charge is -2.14. The zero-order valence-electron chi connectivity index (χ0n) is 14.6. The summed E-state index contributed by atoms with van der Waals surface area (Å²) < 4.78 is 5.05. The molecule has 1 heterocycles. The SMILES string of the molecule is C[C@H](NC(=O)COC(=O)c1cc(-c2ccccc2)n[nH]1)c1cccc(Cl)c1. The number of hydrogen-bond donors (Lipinski definition) is 2. The van der Waals surface area contributed by atoms with Gasteiger partial charge in [0.05, 0.1) is 11.7 Å². The Kier molecular flexibility index (Phi) is 5.88. The standard InChI is InChI=1S/C20H18ClN3O3/c1-13(15-8-5-9-16(21)10-15)22-19(25)12-27-20(26)18-11-17(23-24-18)14-6-3-2-4-7-14/h2-11,13H,12H2,1H3,(H,22,25)(H,23,24)/t13-/m0/s1. The van der Waals surface area contributed by atoms with E-state index in [-0.39, 0.29) is 18.3 Å². The molecule has 1 aromatic heterocycles. The van der Waals surface area contributed by atoms with Crippen LogP contribution in [0.4, 0.5) is 0 Å². The van der Waals surface area contributed by atoms with Crippen LogP contribution in [0, 0.1) is 0 Å². The normalized spacial score (nSPS) is 11.6. The molecular formula is C20H18ClN3O3. The highest BCUT2D eigenvalue weighted by molar-refractivity contribution is 6.30. The summed E-state index contributed by atoms with van der Waals surface area (Å²) >= 11 is 5.95. The van der Waals surface area contributed by atoms with Crippen molar-refractivity contribution >= 4 is 23.5 Å². The number of halogens is 1. The van der Waals surface area contributed by atoms with Crippen molar-refractivity contribution < 1.29 is 14.3 Å².